The zero-order valence-corrected chi connectivity index (χ0v) is 14.9. The molecule has 2 aromatic rings. The highest BCUT2D eigenvalue weighted by atomic mass is 32.1. The molecule has 0 saturated heterocycles. The zero-order chi connectivity index (χ0) is 16.5. The normalized spacial score (nSPS) is 11.5. The second-order valence-electron chi connectivity index (χ2n) is 5.25. The summed E-state index contributed by atoms with van der Waals surface area (Å²) in [7, 11) is 0. The molecule has 0 saturated carbocycles. The fourth-order valence-corrected chi connectivity index (χ4v) is 3.20. The van der Waals surface area contributed by atoms with E-state index in [0.717, 1.165) is 54.8 Å². The second-order valence-corrected chi connectivity index (χ2v) is 6.54. The van der Waals surface area contributed by atoms with Crippen molar-refractivity contribution >= 4 is 17.3 Å². The van der Waals surface area contributed by atoms with Gasteiger partial charge in [0.15, 0.2) is 5.96 Å². The number of aromatic nitrogens is 2. The van der Waals surface area contributed by atoms with E-state index in [9.17, 15) is 0 Å². The van der Waals surface area contributed by atoms with Crippen molar-refractivity contribution in [3.05, 3.63) is 45.7 Å². The Morgan fingerprint density at radius 1 is 1.22 bits per heavy atom. The van der Waals surface area contributed by atoms with Crippen molar-refractivity contribution in [2.75, 3.05) is 19.6 Å². The molecule has 6 heteroatoms. The summed E-state index contributed by atoms with van der Waals surface area (Å²) < 4.78 is 0. The van der Waals surface area contributed by atoms with Gasteiger partial charge in [0.1, 0.15) is 0 Å². The van der Waals surface area contributed by atoms with E-state index in [4.69, 9.17) is 0 Å². The molecule has 2 aromatic heterocycles. The average molecular weight is 331 g/mol. The SMILES string of the molecule is CCNC(=NCCc1sc(C)nc1C)NCCc1ccccn1. The van der Waals surface area contributed by atoms with Crippen LogP contribution in [0.3, 0.4) is 0 Å². The van der Waals surface area contributed by atoms with Crippen molar-refractivity contribution in [1.82, 2.24) is 20.6 Å². The highest BCUT2D eigenvalue weighted by Crippen LogP contribution is 2.17. The zero-order valence-electron chi connectivity index (χ0n) is 14.1. The number of guanidine groups is 1. The quantitative estimate of drug-likeness (QED) is 0.604. The first kappa shape index (κ1) is 17.4. The topological polar surface area (TPSA) is 62.2 Å². The van der Waals surface area contributed by atoms with Crippen LogP contribution in [0, 0.1) is 13.8 Å². The van der Waals surface area contributed by atoms with Crippen LogP contribution < -0.4 is 10.6 Å². The Balaban J connectivity index is 1.81. The van der Waals surface area contributed by atoms with Gasteiger partial charge in [0, 0.05) is 49.2 Å². The van der Waals surface area contributed by atoms with Gasteiger partial charge in [-0.15, -0.1) is 11.3 Å². The van der Waals surface area contributed by atoms with Gasteiger partial charge in [0.2, 0.25) is 0 Å². The van der Waals surface area contributed by atoms with Gasteiger partial charge in [-0.3, -0.25) is 9.98 Å². The summed E-state index contributed by atoms with van der Waals surface area (Å²) in [6, 6.07) is 5.99. The van der Waals surface area contributed by atoms with E-state index in [-0.39, 0.29) is 0 Å². The first-order valence-corrected chi connectivity index (χ1v) is 8.85. The maximum atomic E-state index is 4.64. The van der Waals surface area contributed by atoms with Crippen LogP contribution in [0.1, 0.15) is 28.2 Å². The van der Waals surface area contributed by atoms with E-state index in [0.29, 0.717) is 0 Å². The fraction of sp³-hybridized carbons (Fsp3) is 0.471. The number of thiazole rings is 1. The van der Waals surface area contributed by atoms with Crippen molar-refractivity contribution in [1.29, 1.82) is 0 Å². The monoisotopic (exact) mass is 331 g/mol. The number of hydrogen-bond acceptors (Lipinski definition) is 4. The molecular formula is C17H25N5S. The average Bonchev–Trinajstić information content (AvgIpc) is 2.86. The Morgan fingerprint density at radius 3 is 2.74 bits per heavy atom. The molecule has 0 aliphatic heterocycles. The Morgan fingerprint density at radius 2 is 2.09 bits per heavy atom. The first-order valence-electron chi connectivity index (χ1n) is 8.04. The molecular weight excluding hydrogens is 306 g/mol. The molecule has 23 heavy (non-hydrogen) atoms. The molecule has 0 amide bonds. The van der Waals surface area contributed by atoms with Crippen molar-refractivity contribution < 1.29 is 0 Å². The molecule has 0 bridgehead atoms. The molecule has 5 nitrogen and oxygen atoms in total. The van der Waals surface area contributed by atoms with E-state index in [2.05, 4.69) is 39.4 Å². The molecule has 124 valence electrons. The lowest BCUT2D eigenvalue weighted by atomic mass is 10.3. The lowest BCUT2D eigenvalue weighted by molar-refractivity contribution is 0.786. The lowest BCUT2D eigenvalue weighted by Crippen LogP contribution is -2.38. The largest absolute Gasteiger partial charge is 0.357 e. The summed E-state index contributed by atoms with van der Waals surface area (Å²) in [5.41, 5.74) is 2.22. The van der Waals surface area contributed by atoms with Gasteiger partial charge in [-0.05, 0) is 32.9 Å². The third-order valence-electron chi connectivity index (χ3n) is 3.35. The summed E-state index contributed by atoms with van der Waals surface area (Å²) in [5, 5.41) is 7.77. The molecule has 0 aliphatic rings. The molecule has 2 rings (SSSR count). The summed E-state index contributed by atoms with van der Waals surface area (Å²) in [5.74, 6) is 0.863. The summed E-state index contributed by atoms with van der Waals surface area (Å²) in [4.78, 5) is 14.8. The number of hydrogen-bond donors (Lipinski definition) is 2. The van der Waals surface area contributed by atoms with Crippen molar-refractivity contribution in [3.8, 4) is 0 Å². The Kier molecular flexibility index (Phi) is 7.00. The van der Waals surface area contributed by atoms with Gasteiger partial charge >= 0.3 is 0 Å². The minimum Gasteiger partial charge on any atom is -0.357 e. The van der Waals surface area contributed by atoms with Crippen LogP contribution in [0.5, 0.6) is 0 Å². The number of pyridine rings is 1. The van der Waals surface area contributed by atoms with Crippen LogP contribution in [-0.4, -0.2) is 35.6 Å². The number of nitrogens with one attached hydrogen (secondary N) is 2. The Hall–Kier alpha value is -1.95. The molecule has 0 spiro atoms. The van der Waals surface area contributed by atoms with E-state index in [1.165, 1.54) is 4.88 Å². The Bertz CT molecular complexity index is 621. The highest BCUT2D eigenvalue weighted by Gasteiger charge is 2.04. The second kappa shape index (κ2) is 9.25. The van der Waals surface area contributed by atoms with Crippen molar-refractivity contribution in [2.24, 2.45) is 4.99 Å². The summed E-state index contributed by atoms with van der Waals surface area (Å²) in [6.07, 6.45) is 3.65. The van der Waals surface area contributed by atoms with Gasteiger partial charge in [0.25, 0.3) is 0 Å². The Labute approximate surface area is 142 Å². The molecule has 0 atom stereocenters. The van der Waals surface area contributed by atoms with Crippen LogP contribution in [0.15, 0.2) is 29.4 Å². The van der Waals surface area contributed by atoms with Crippen LogP contribution in [0.2, 0.25) is 0 Å². The van der Waals surface area contributed by atoms with Crippen LogP contribution in [0.25, 0.3) is 0 Å². The number of rotatable bonds is 7. The molecule has 2 N–H and O–H groups in total. The van der Waals surface area contributed by atoms with Gasteiger partial charge in [-0.1, -0.05) is 6.07 Å². The molecule has 0 radical (unpaired) electrons. The van der Waals surface area contributed by atoms with Crippen molar-refractivity contribution in [2.45, 2.75) is 33.6 Å². The minimum absolute atomic E-state index is 0.765. The maximum Gasteiger partial charge on any atom is 0.191 e. The molecule has 0 aliphatic carbocycles. The molecule has 0 unspecified atom stereocenters. The third kappa shape index (κ3) is 5.98. The standard InChI is InChI=1S/C17H25N5S/c1-4-18-17(20-11-8-15-7-5-6-10-19-15)21-12-9-16-13(2)22-14(3)23-16/h5-7,10H,4,8-9,11-12H2,1-3H3,(H2,18,20,21). The maximum absolute atomic E-state index is 4.64. The van der Waals surface area contributed by atoms with Crippen LogP contribution in [0.4, 0.5) is 0 Å². The van der Waals surface area contributed by atoms with E-state index in [1.807, 2.05) is 31.3 Å². The fourth-order valence-electron chi connectivity index (χ4n) is 2.27. The first-order chi connectivity index (χ1) is 11.2. The lowest BCUT2D eigenvalue weighted by Gasteiger charge is -2.11. The molecule has 0 fully saturated rings. The number of aryl methyl sites for hydroxylation is 2. The van der Waals surface area contributed by atoms with E-state index >= 15 is 0 Å². The van der Waals surface area contributed by atoms with Gasteiger partial charge in [-0.2, -0.15) is 0 Å². The molecule has 0 aromatic carbocycles. The highest BCUT2D eigenvalue weighted by molar-refractivity contribution is 7.11. The summed E-state index contributed by atoms with van der Waals surface area (Å²) >= 11 is 1.77. The third-order valence-corrected chi connectivity index (χ3v) is 4.48. The van der Waals surface area contributed by atoms with Gasteiger partial charge in [0.05, 0.1) is 10.7 Å². The predicted molar refractivity (Wildman–Crippen MR) is 97.2 cm³/mol. The van der Waals surface area contributed by atoms with Gasteiger partial charge in [-0.25, -0.2) is 4.98 Å². The van der Waals surface area contributed by atoms with Crippen LogP contribution >= 0.6 is 11.3 Å². The van der Waals surface area contributed by atoms with E-state index < -0.39 is 0 Å². The van der Waals surface area contributed by atoms with E-state index in [1.54, 1.807) is 11.3 Å². The predicted octanol–water partition coefficient (Wildman–Crippen LogP) is 2.50. The molecule has 2 heterocycles. The van der Waals surface area contributed by atoms with Gasteiger partial charge < -0.3 is 10.6 Å². The van der Waals surface area contributed by atoms with Crippen LogP contribution in [-0.2, 0) is 12.8 Å². The number of nitrogens with zero attached hydrogens (tertiary/aromatic N) is 3. The minimum atomic E-state index is 0.765. The van der Waals surface area contributed by atoms with Crippen molar-refractivity contribution in [3.63, 3.8) is 0 Å². The smallest absolute Gasteiger partial charge is 0.191 e. The number of aliphatic imine (C=N–C) groups is 1. The summed E-state index contributed by atoms with van der Waals surface area (Å²) in [6.45, 7) is 8.64.